The summed E-state index contributed by atoms with van der Waals surface area (Å²) in [5.74, 6) is -5.74. The van der Waals surface area contributed by atoms with Crippen molar-refractivity contribution in [3.8, 4) is 22.3 Å². The summed E-state index contributed by atoms with van der Waals surface area (Å²) in [5.41, 5.74) is 4.39. The van der Waals surface area contributed by atoms with Crippen LogP contribution in [0.3, 0.4) is 0 Å². The van der Waals surface area contributed by atoms with Gasteiger partial charge >= 0.3 is 0 Å². The number of rotatable bonds is 6. The van der Waals surface area contributed by atoms with Gasteiger partial charge in [-0.25, -0.2) is 26.3 Å². The molecule has 6 heteroatoms. The molecule has 0 saturated carbocycles. The highest BCUT2D eigenvalue weighted by Gasteiger charge is 2.18. The van der Waals surface area contributed by atoms with Gasteiger partial charge in [0.25, 0.3) is 0 Å². The number of aryl methyl sites for hydroxylation is 3. The molecule has 0 N–H and O–H groups in total. The van der Waals surface area contributed by atoms with Crippen LogP contribution < -0.4 is 0 Å². The summed E-state index contributed by atoms with van der Waals surface area (Å²) in [4.78, 5) is 0. The smallest absolute Gasteiger partial charge is 0.169 e. The van der Waals surface area contributed by atoms with E-state index >= 15 is 0 Å². The lowest BCUT2D eigenvalue weighted by Gasteiger charge is -2.10. The van der Waals surface area contributed by atoms with E-state index in [0.29, 0.717) is 21.9 Å². The van der Waals surface area contributed by atoms with Gasteiger partial charge in [-0.3, -0.25) is 0 Å². The van der Waals surface area contributed by atoms with Gasteiger partial charge in [-0.2, -0.15) is 0 Å². The van der Waals surface area contributed by atoms with Gasteiger partial charge in [-0.05, 0) is 70.5 Å². The van der Waals surface area contributed by atoms with Crippen molar-refractivity contribution in [3.63, 3.8) is 0 Å². The second kappa shape index (κ2) is 13.6. The van der Waals surface area contributed by atoms with Crippen LogP contribution in [0, 0.1) is 41.8 Å². The van der Waals surface area contributed by atoms with E-state index in [9.17, 15) is 26.3 Å². The zero-order chi connectivity index (χ0) is 32.2. The van der Waals surface area contributed by atoms with E-state index in [4.69, 9.17) is 0 Å². The Morgan fingerprint density at radius 3 is 1.38 bits per heavy atom. The molecule has 230 valence electrons. The van der Waals surface area contributed by atoms with Gasteiger partial charge in [-0.1, -0.05) is 106 Å². The summed E-state index contributed by atoms with van der Waals surface area (Å²) in [7, 11) is 0. The lowest BCUT2D eigenvalue weighted by atomic mass is 9.97. The van der Waals surface area contributed by atoms with E-state index in [-0.39, 0.29) is 27.5 Å². The summed E-state index contributed by atoms with van der Waals surface area (Å²) >= 11 is 0. The quantitative estimate of drug-likeness (QED) is 0.164. The molecule has 0 aromatic heterocycles. The lowest BCUT2D eigenvalue weighted by Crippen LogP contribution is -1.96. The minimum absolute atomic E-state index is 0.172. The summed E-state index contributed by atoms with van der Waals surface area (Å²) in [6, 6.07) is 25.3. The number of hydrogen-bond donors (Lipinski definition) is 0. The second-order valence-electron chi connectivity index (χ2n) is 11.1. The maximum absolute atomic E-state index is 14.8. The fourth-order valence-electron chi connectivity index (χ4n) is 5.55. The van der Waals surface area contributed by atoms with Gasteiger partial charge in [0.1, 0.15) is 11.6 Å². The van der Waals surface area contributed by atoms with Crippen molar-refractivity contribution in [2.45, 2.75) is 46.5 Å². The van der Waals surface area contributed by atoms with Crippen LogP contribution in [0.2, 0.25) is 0 Å². The third kappa shape index (κ3) is 6.46. The first-order chi connectivity index (χ1) is 21.6. The molecule has 6 rings (SSSR count). The first kappa shape index (κ1) is 31.8. The molecule has 0 bridgehead atoms. The Morgan fingerprint density at radius 2 is 0.889 bits per heavy atom. The summed E-state index contributed by atoms with van der Waals surface area (Å²) in [5, 5.41) is 0.131. The van der Waals surface area contributed by atoms with Crippen molar-refractivity contribution in [1.29, 1.82) is 0 Å². The van der Waals surface area contributed by atoms with Crippen molar-refractivity contribution in [1.82, 2.24) is 0 Å². The van der Waals surface area contributed by atoms with E-state index in [2.05, 4.69) is 13.8 Å². The molecule has 0 heterocycles. The molecule has 6 aromatic rings. The Morgan fingerprint density at radius 1 is 0.444 bits per heavy atom. The first-order valence-corrected chi connectivity index (χ1v) is 15.0. The van der Waals surface area contributed by atoms with Crippen molar-refractivity contribution >= 4 is 21.5 Å². The minimum atomic E-state index is -1.14. The normalized spacial score (nSPS) is 11.1. The van der Waals surface area contributed by atoms with E-state index in [1.165, 1.54) is 30.2 Å². The topological polar surface area (TPSA) is 0 Å². The summed E-state index contributed by atoms with van der Waals surface area (Å²) in [6.07, 6.45) is 3.99. The SMILES string of the molecule is CCCc1ccc(-c2ccc3cc(C)c(F)c(F)c3c2F)cc1.CCCc1ccc(-c2ccc3ccc(F)c(F)c3c2F)cc1. The maximum Gasteiger partial charge on any atom is 0.169 e. The Hall–Kier alpha value is -4.58. The average molecular weight is 615 g/mol. The van der Waals surface area contributed by atoms with E-state index in [0.717, 1.165) is 31.7 Å². The second-order valence-corrected chi connectivity index (χ2v) is 11.1. The predicted octanol–water partition coefficient (Wildman–Crippen LogP) is 12.1. The van der Waals surface area contributed by atoms with E-state index in [1.807, 2.05) is 48.5 Å². The van der Waals surface area contributed by atoms with Crippen LogP contribution in [0.4, 0.5) is 26.3 Å². The Kier molecular flexibility index (Phi) is 9.62. The zero-order valence-electron chi connectivity index (χ0n) is 25.3. The van der Waals surface area contributed by atoms with Crippen LogP contribution in [-0.4, -0.2) is 0 Å². The number of benzene rings is 6. The number of halogens is 6. The highest BCUT2D eigenvalue weighted by Crippen LogP contribution is 2.34. The highest BCUT2D eigenvalue weighted by atomic mass is 19.2. The molecule has 0 amide bonds. The fraction of sp³-hybridized carbons (Fsp3) is 0.179. The van der Waals surface area contributed by atoms with Gasteiger partial charge in [0.05, 0.1) is 10.8 Å². The highest BCUT2D eigenvalue weighted by molar-refractivity contribution is 5.90. The van der Waals surface area contributed by atoms with Gasteiger partial charge in [0.2, 0.25) is 0 Å². The van der Waals surface area contributed by atoms with Crippen LogP contribution in [0.25, 0.3) is 43.8 Å². The summed E-state index contributed by atoms with van der Waals surface area (Å²) in [6.45, 7) is 5.65. The molecule has 0 radical (unpaired) electrons. The molecule has 45 heavy (non-hydrogen) atoms. The third-order valence-corrected chi connectivity index (χ3v) is 7.92. The monoisotopic (exact) mass is 614 g/mol. The Bertz CT molecular complexity index is 1980. The molecular weight excluding hydrogens is 582 g/mol. The fourth-order valence-corrected chi connectivity index (χ4v) is 5.55. The van der Waals surface area contributed by atoms with Gasteiger partial charge in [-0.15, -0.1) is 0 Å². The van der Waals surface area contributed by atoms with E-state index in [1.54, 1.807) is 24.3 Å². The molecule has 0 saturated heterocycles. The largest absolute Gasteiger partial charge is 0.206 e. The zero-order valence-corrected chi connectivity index (χ0v) is 25.3. The molecule has 0 aliphatic rings. The van der Waals surface area contributed by atoms with Crippen LogP contribution in [0.15, 0.2) is 91.0 Å². The average Bonchev–Trinajstić information content (AvgIpc) is 3.03. The van der Waals surface area contributed by atoms with Gasteiger partial charge in [0.15, 0.2) is 23.3 Å². The summed E-state index contributed by atoms with van der Waals surface area (Å²) < 4.78 is 84.6. The van der Waals surface area contributed by atoms with Crippen LogP contribution in [-0.2, 0) is 12.8 Å². The van der Waals surface area contributed by atoms with Crippen LogP contribution in [0.5, 0.6) is 0 Å². The van der Waals surface area contributed by atoms with Crippen molar-refractivity contribution in [3.05, 3.63) is 143 Å². The molecule has 6 aromatic carbocycles. The minimum Gasteiger partial charge on any atom is -0.206 e. The molecule has 0 aliphatic carbocycles. The molecule has 0 atom stereocenters. The lowest BCUT2D eigenvalue weighted by molar-refractivity contribution is 0.507. The van der Waals surface area contributed by atoms with Gasteiger partial charge < -0.3 is 0 Å². The molecule has 0 fully saturated rings. The van der Waals surface area contributed by atoms with Crippen molar-refractivity contribution in [2.24, 2.45) is 0 Å². The van der Waals surface area contributed by atoms with Crippen LogP contribution >= 0.6 is 0 Å². The molecule has 0 nitrogen and oxygen atoms in total. The standard InChI is InChI=1S/C20H17F3.C19H15F3/c1-3-4-13-5-7-14(8-6-13)16-10-9-15-11-12(2)18(21)20(23)17(15)19(16)22;1-2-3-12-4-6-13(7-5-12)15-10-8-14-9-11-16(20)19(22)17(14)18(15)21/h5-11H,3-4H2,1-2H3;4-11H,2-3H2,1H3. The maximum atomic E-state index is 14.8. The third-order valence-electron chi connectivity index (χ3n) is 7.92. The molecule has 0 spiro atoms. The molecule has 0 aliphatic heterocycles. The Balaban J connectivity index is 0.000000178. The number of fused-ring (bicyclic) bond motifs is 2. The molecular formula is C39H32F6. The predicted molar refractivity (Wildman–Crippen MR) is 171 cm³/mol. The molecule has 0 unspecified atom stereocenters. The first-order valence-electron chi connectivity index (χ1n) is 15.0. The van der Waals surface area contributed by atoms with Gasteiger partial charge in [0, 0.05) is 11.1 Å². The van der Waals surface area contributed by atoms with Crippen molar-refractivity contribution < 1.29 is 26.3 Å². The van der Waals surface area contributed by atoms with Crippen molar-refractivity contribution in [2.75, 3.05) is 0 Å². The van der Waals surface area contributed by atoms with E-state index < -0.39 is 34.9 Å². The van der Waals surface area contributed by atoms with Crippen LogP contribution in [0.1, 0.15) is 43.4 Å². The Labute approximate surface area is 259 Å². The number of hydrogen-bond acceptors (Lipinski definition) is 0.